The van der Waals surface area contributed by atoms with Crippen LogP contribution in [0.5, 0.6) is 0 Å². The third kappa shape index (κ3) is 14.4. The SMILES string of the molecule is CCCCCCCCCCCC[O-].[NH4+]. The van der Waals surface area contributed by atoms with Gasteiger partial charge in [-0.05, 0) is 0 Å². The molecule has 0 bridgehead atoms. The van der Waals surface area contributed by atoms with E-state index in [9.17, 15) is 5.11 Å². The van der Waals surface area contributed by atoms with Gasteiger partial charge in [-0.15, -0.1) is 6.61 Å². The van der Waals surface area contributed by atoms with Crippen LogP contribution in [0.2, 0.25) is 0 Å². The summed E-state index contributed by atoms with van der Waals surface area (Å²) >= 11 is 0. The highest BCUT2D eigenvalue weighted by molar-refractivity contribution is 4.46. The second-order valence-corrected chi connectivity index (χ2v) is 3.89. The van der Waals surface area contributed by atoms with Crippen LogP contribution in [0.3, 0.4) is 0 Å². The fourth-order valence-corrected chi connectivity index (χ4v) is 1.59. The van der Waals surface area contributed by atoms with Crippen LogP contribution in [-0.2, 0) is 0 Å². The zero-order valence-corrected chi connectivity index (χ0v) is 10.2. The predicted molar refractivity (Wildman–Crippen MR) is 62.7 cm³/mol. The van der Waals surface area contributed by atoms with Gasteiger partial charge in [0.05, 0.1) is 0 Å². The molecule has 2 nitrogen and oxygen atoms in total. The normalized spacial score (nSPS) is 9.86. The van der Waals surface area contributed by atoms with E-state index in [4.69, 9.17) is 0 Å². The maximum absolute atomic E-state index is 10.1. The Morgan fingerprint density at radius 3 is 1.36 bits per heavy atom. The first-order valence-electron chi connectivity index (χ1n) is 6.00. The minimum Gasteiger partial charge on any atom is -0.854 e. The first-order valence-corrected chi connectivity index (χ1v) is 6.00. The topological polar surface area (TPSA) is 59.6 Å². The van der Waals surface area contributed by atoms with Crippen LogP contribution in [0, 0.1) is 0 Å². The van der Waals surface area contributed by atoms with Gasteiger partial charge in [0, 0.05) is 0 Å². The van der Waals surface area contributed by atoms with Gasteiger partial charge in [-0.2, -0.15) is 0 Å². The Morgan fingerprint density at radius 1 is 0.643 bits per heavy atom. The Balaban J connectivity index is 0. The molecule has 0 aromatic carbocycles. The lowest BCUT2D eigenvalue weighted by Crippen LogP contribution is -2.04. The average molecular weight is 203 g/mol. The van der Waals surface area contributed by atoms with Crippen molar-refractivity contribution in [2.24, 2.45) is 0 Å². The van der Waals surface area contributed by atoms with E-state index in [0.29, 0.717) is 0 Å². The summed E-state index contributed by atoms with van der Waals surface area (Å²) in [5.74, 6) is 0. The van der Waals surface area contributed by atoms with Crippen molar-refractivity contribution < 1.29 is 5.11 Å². The maximum Gasteiger partial charge on any atom is -0.0533 e. The molecule has 0 radical (unpaired) electrons. The van der Waals surface area contributed by atoms with Crippen molar-refractivity contribution in [1.82, 2.24) is 6.15 Å². The lowest BCUT2D eigenvalue weighted by atomic mass is 10.1. The Morgan fingerprint density at radius 2 is 1.00 bits per heavy atom. The molecule has 0 atom stereocenters. The third-order valence-corrected chi connectivity index (χ3v) is 2.50. The van der Waals surface area contributed by atoms with Gasteiger partial charge in [-0.3, -0.25) is 0 Å². The van der Waals surface area contributed by atoms with Crippen molar-refractivity contribution in [3.05, 3.63) is 0 Å². The van der Waals surface area contributed by atoms with E-state index < -0.39 is 0 Å². The van der Waals surface area contributed by atoms with Crippen molar-refractivity contribution in [2.75, 3.05) is 6.61 Å². The summed E-state index contributed by atoms with van der Waals surface area (Å²) in [5, 5.41) is 10.1. The van der Waals surface area contributed by atoms with Gasteiger partial charge in [0.1, 0.15) is 0 Å². The van der Waals surface area contributed by atoms with Gasteiger partial charge < -0.3 is 11.3 Å². The summed E-state index contributed by atoms with van der Waals surface area (Å²) in [6, 6.07) is 0. The zero-order valence-electron chi connectivity index (χ0n) is 10.2. The first kappa shape index (κ1) is 16.4. The Hall–Kier alpha value is -0.0800. The smallest absolute Gasteiger partial charge is 0.0533 e. The molecule has 2 heteroatoms. The highest BCUT2D eigenvalue weighted by atomic mass is 16.2. The Labute approximate surface area is 89.7 Å². The second kappa shape index (κ2) is 15.4. The molecule has 0 saturated carbocycles. The van der Waals surface area contributed by atoms with Crippen molar-refractivity contribution in [1.29, 1.82) is 0 Å². The molecular formula is C12H29NO. The zero-order chi connectivity index (χ0) is 9.78. The van der Waals surface area contributed by atoms with E-state index >= 15 is 0 Å². The van der Waals surface area contributed by atoms with Crippen LogP contribution in [0.4, 0.5) is 0 Å². The number of rotatable bonds is 10. The van der Waals surface area contributed by atoms with Crippen LogP contribution >= 0.6 is 0 Å². The largest absolute Gasteiger partial charge is 0.854 e. The van der Waals surface area contributed by atoms with E-state index in [-0.39, 0.29) is 12.8 Å². The molecule has 0 aromatic rings. The van der Waals surface area contributed by atoms with Crippen molar-refractivity contribution >= 4 is 0 Å². The molecule has 14 heavy (non-hydrogen) atoms. The average Bonchev–Trinajstić information content (AvgIpc) is 2.16. The Kier molecular flexibility index (Phi) is 18.0. The standard InChI is InChI=1S/C12H25O.H3N/c1-2-3-4-5-6-7-8-9-10-11-12-13;/h2-12H2,1H3;1H3/q-1;/p+1. The van der Waals surface area contributed by atoms with Gasteiger partial charge >= 0.3 is 0 Å². The monoisotopic (exact) mass is 203 g/mol. The van der Waals surface area contributed by atoms with E-state index in [0.717, 1.165) is 12.8 Å². The molecular weight excluding hydrogens is 174 g/mol. The minimum absolute atomic E-state index is 0. The fraction of sp³-hybridized carbons (Fsp3) is 1.00. The molecule has 0 rings (SSSR count). The summed E-state index contributed by atoms with van der Waals surface area (Å²) in [5.41, 5.74) is 0. The highest BCUT2D eigenvalue weighted by Gasteiger charge is 1.90. The molecule has 4 N–H and O–H groups in total. The van der Waals surface area contributed by atoms with Crippen LogP contribution in [0.25, 0.3) is 0 Å². The molecule has 0 spiro atoms. The van der Waals surface area contributed by atoms with Gasteiger partial charge in [0.25, 0.3) is 0 Å². The van der Waals surface area contributed by atoms with Crippen LogP contribution in [0.1, 0.15) is 71.1 Å². The Bertz CT molecular complexity index is 76.4. The lowest BCUT2D eigenvalue weighted by Gasteiger charge is -2.03. The van der Waals surface area contributed by atoms with Gasteiger partial charge in [0.2, 0.25) is 0 Å². The van der Waals surface area contributed by atoms with E-state index in [1.807, 2.05) is 0 Å². The van der Waals surface area contributed by atoms with Crippen molar-refractivity contribution in [3.63, 3.8) is 0 Å². The number of hydrogen-bond acceptors (Lipinski definition) is 1. The summed E-state index contributed by atoms with van der Waals surface area (Å²) in [6.45, 7) is 2.37. The second-order valence-electron chi connectivity index (χ2n) is 3.89. The molecule has 0 amide bonds. The summed E-state index contributed by atoms with van der Waals surface area (Å²) in [4.78, 5) is 0. The van der Waals surface area contributed by atoms with E-state index in [1.54, 1.807) is 0 Å². The molecule has 0 aliphatic rings. The summed E-state index contributed by atoms with van der Waals surface area (Å²) in [6.07, 6.45) is 13.0. The molecule has 0 heterocycles. The highest BCUT2D eigenvalue weighted by Crippen LogP contribution is 2.09. The molecule has 0 fully saturated rings. The van der Waals surface area contributed by atoms with E-state index in [2.05, 4.69) is 6.92 Å². The van der Waals surface area contributed by atoms with Gasteiger partial charge in [-0.1, -0.05) is 71.1 Å². The lowest BCUT2D eigenvalue weighted by molar-refractivity contribution is -0.368. The van der Waals surface area contributed by atoms with Gasteiger partial charge in [0.15, 0.2) is 0 Å². The fourth-order valence-electron chi connectivity index (χ4n) is 1.59. The van der Waals surface area contributed by atoms with Gasteiger partial charge in [-0.25, -0.2) is 0 Å². The van der Waals surface area contributed by atoms with Crippen molar-refractivity contribution in [2.45, 2.75) is 71.1 Å². The molecule has 88 valence electrons. The number of unbranched alkanes of at least 4 members (excludes halogenated alkanes) is 9. The first-order chi connectivity index (χ1) is 6.41. The summed E-state index contributed by atoms with van der Waals surface area (Å²) < 4.78 is 0. The van der Waals surface area contributed by atoms with Crippen LogP contribution in [0.15, 0.2) is 0 Å². The third-order valence-electron chi connectivity index (χ3n) is 2.50. The molecule has 0 aliphatic heterocycles. The van der Waals surface area contributed by atoms with Crippen LogP contribution in [-0.4, -0.2) is 6.61 Å². The maximum atomic E-state index is 10.1. The number of quaternary nitrogens is 1. The van der Waals surface area contributed by atoms with Crippen molar-refractivity contribution in [3.8, 4) is 0 Å². The molecule has 0 aliphatic carbocycles. The molecule has 0 saturated heterocycles. The quantitative estimate of drug-likeness (QED) is 0.541. The van der Waals surface area contributed by atoms with E-state index in [1.165, 1.54) is 51.4 Å². The molecule has 0 aromatic heterocycles. The minimum atomic E-state index is 0. The summed E-state index contributed by atoms with van der Waals surface area (Å²) in [7, 11) is 0. The number of hydrogen-bond donors (Lipinski definition) is 1. The predicted octanol–water partition coefficient (Wildman–Crippen LogP) is 3.64. The van der Waals surface area contributed by atoms with Crippen LogP contribution < -0.4 is 11.3 Å². The molecule has 0 unspecified atom stereocenters.